The Kier molecular flexibility index (Phi) is 6.37. The first kappa shape index (κ1) is 21.8. The second-order valence-corrected chi connectivity index (χ2v) is 8.79. The van der Waals surface area contributed by atoms with E-state index in [1.807, 2.05) is 97.2 Å². The van der Waals surface area contributed by atoms with Gasteiger partial charge in [-0.1, -0.05) is 84.0 Å². The lowest BCUT2D eigenvalue weighted by Gasteiger charge is -2.37. The van der Waals surface area contributed by atoms with Gasteiger partial charge < -0.3 is 15.1 Å². The molecule has 1 aliphatic rings. The molecule has 0 radical (unpaired) electrons. The highest BCUT2D eigenvalue weighted by Gasteiger charge is 2.53. The highest BCUT2D eigenvalue weighted by atomic mass is 16.6. The Morgan fingerprint density at radius 3 is 2.06 bits per heavy atom. The molecule has 3 aromatic carbocycles. The molecule has 2 atom stereocenters. The van der Waals surface area contributed by atoms with E-state index in [1.54, 1.807) is 0 Å². The van der Waals surface area contributed by atoms with Crippen LogP contribution in [0.3, 0.4) is 0 Å². The Morgan fingerprint density at radius 1 is 1.00 bits per heavy atom. The van der Waals surface area contributed by atoms with Crippen molar-refractivity contribution in [2.45, 2.75) is 11.8 Å². The molecule has 1 amide bonds. The molecular formula is C27H30N3O2+. The Hall–Kier alpha value is -3.44. The van der Waals surface area contributed by atoms with Gasteiger partial charge in [-0.25, -0.2) is 0 Å². The van der Waals surface area contributed by atoms with Gasteiger partial charge in [0.2, 0.25) is 5.91 Å². The molecule has 5 nitrogen and oxygen atoms in total. The minimum atomic E-state index is -0.865. The number of oxime groups is 1. The van der Waals surface area contributed by atoms with Gasteiger partial charge in [0.1, 0.15) is 12.0 Å². The van der Waals surface area contributed by atoms with Crippen LogP contribution in [0.15, 0.2) is 96.2 Å². The van der Waals surface area contributed by atoms with Crippen molar-refractivity contribution in [3.05, 3.63) is 102 Å². The Balaban J connectivity index is 1.59. The third-order valence-corrected chi connectivity index (χ3v) is 6.64. The molecule has 0 bridgehead atoms. The summed E-state index contributed by atoms with van der Waals surface area (Å²) in [4.78, 5) is 18.7. The quantitative estimate of drug-likeness (QED) is 0.335. The van der Waals surface area contributed by atoms with Crippen molar-refractivity contribution in [3.8, 4) is 5.75 Å². The molecule has 0 spiro atoms. The molecule has 1 heterocycles. The van der Waals surface area contributed by atoms with Gasteiger partial charge in [0.15, 0.2) is 5.75 Å². The van der Waals surface area contributed by atoms with E-state index in [4.69, 9.17) is 10.6 Å². The standard InChI is InChI=1S/C27H29N3O2/c1-30(20-18-29-32-25-15-9-4-10-16-25)19-17-24(21-30)27(26(28)31,22-11-5-2-6-12-22)23-13-7-3-8-14-23/h2-16,18,24H,17,19-21H2,1H3,(H-,28,31)/p+1. The number of hydrogen-bond donors (Lipinski definition) is 1. The van der Waals surface area contributed by atoms with E-state index in [0.29, 0.717) is 5.75 Å². The maximum atomic E-state index is 13.2. The molecule has 164 valence electrons. The van der Waals surface area contributed by atoms with Crippen LogP contribution in [-0.4, -0.2) is 43.3 Å². The summed E-state index contributed by atoms with van der Waals surface area (Å²) in [5.74, 6) is 0.499. The molecule has 1 aliphatic heterocycles. The molecule has 1 fully saturated rings. The second-order valence-electron chi connectivity index (χ2n) is 8.79. The van der Waals surface area contributed by atoms with Crippen LogP contribution in [-0.2, 0) is 10.2 Å². The van der Waals surface area contributed by atoms with E-state index in [9.17, 15) is 4.79 Å². The van der Waals surface area contributed by atoms with Crippen LogP contribution in [0.2, 0.25) is 0 Å². The number of rotatable bonds is 8. The summed E-state index contributed by atoms with van der Waals surface area (Å²) < 4.78 is 0.779. The van der Waals surface area contributed by atoms with E-state index >= 15 is 0 Å². The third kappa shape index (κ3) is 4.30. The predicted octanol–water partition coefficient (Wildman–Crippen LogP) is 3.99. The smallest absolute Gasteiger partial charge is 0.233 e. The van der Waals surface area contributed by atoms with Gasteiger partial charge in [-0.05, 0) is 23.3 Å². The van der Waals surface area contributed by atoms with Gasteiger partial charge in [-0.2, -0.15) is 0 Å². The van der Waals surface area contributed by atoms with E-state index in [1.165, 1.54) is 0 Å². The predicted molar refractivity (Wildman–Crippen MR) is 127 cm³/mol. The average Bonchev–Trinajstić information content (AvgIpc) is 3.21. The summed E-state index contributed by atoms with van der Waals surface area (Å²) in [6, 6.07) is 29.5. The van der Waals surface area contributed by atoms with Crippen molar-refractivity contribution in [3.63, 3.8) is 0 Å². The van der Waals surface area contributed by atoms with Gasteiger partial charge in [0.05, 0.1) is 26.4 Å². The number of amides is 1. The van der Waals surface area contributed by atoms with Crippen LogP contribution in [0, 0.1) is 5.92 Å². The van der Waals surface area contributed by atoms with Gasteiger partial charge in [0.25, 0.3) is 0 Å². The molecule has 5 heteroatoms. The fourth-order valence-corrected chi connectivity index (χ4v) is 5.04. The fraction of sp³-hybridized carbons (Fsp3) is 0.259. The largest absolute Gasteiger partial charge is 0.369 e. The van der Waals surface area contributed by atoms with Crippen LogP contribution in [0.4, 0.5) is 0 Å². The zero-order valence-corrected chi connectivity index (χ0v) is 18.4. The number of quaternary nitrogens is 1. The summed E-state index contributed by atoms with van der Waals surface area (Å²) in [6.07, 6.45) is 2.73. The Labute approximate surface area is 189 Å². The first-order valence-corrected chi connectivity index (χ1v) is 11.0. The third-order valence-electron chi connectivity index (χ3n) is 6.64. The monoisotopic (exact) mass is 428 g/mol. The lowest BCUT2D eigenvalue weighted by atomic mass is 9.64. The molecule has 1 saturated heterocycles. The van der Waals surface area contributed by atoms with E-state index in [0.717, 1.165) is 41.7 Å². The summed E-state index contributed by atoms with van der Waals surface area (Å²) in [5, 5.41) is 4.16. The van der Waals surface area contributed by atoms with Gasteiger partial charge in [-0.3, -0.25) is 4.79 Å². The van der Waals surface area contributed by atoms with E-state index in [2.05, 4.69) is 12.2 Å². The number of nitrogens with two attached hydrogens (primary N) is 1. The molecule has 4 rings (SSSR count). The van der Waals surface area contributed by atoms with Gasteiger partial charge >= 0.3 is 0 Å². The molecule has 0 saturated carbocycles. The number of carbonyl (C=O) groups excluding carboxylic acids is 1. The minimum Gasteiger partial charge on any atom is -0.369 e. The fourth-order valence-electron chi connectivity index (χ4n) is 5.04. The number of benzene rings is 3. The normalized spacial score (nSPS) is 21.0. The maximum Gasteiger partial charge on any atom is 0.233 e. The summed E-state index contributed by atoms with van der Waals surface area (Å²) in [7, 11) is 2.20. The molecule has 0 aromatic heterocycles. The van der Waals surface area contributed by atoms with Crippen molar-refractivity contribution in [2.75, 3.05) is 26.7 Å². The minimum absolute atomic E-state index is 0.0817. The highest BCUT2D eigenvalue weighted by Crippen LogP contribution is 2.44. The first-order valence-electron chi connectivity index (χ1n) is 11.0. The van der Waals surface area contributed by atoms with Crippen LogP contribution < -0.4 is 10.6 Å². The Morgan fingerprint density at radius 2 is 1.53 bits per heavy atom. The van der Waals surface area contributed by atoms with Crippen LogP contribution in [0.25, 0.3) is 0 Å². The van der Waals surface area contributed by atoms with Crippen molar-refractivity contribution >= 4 is 12.1 Å². The number of primary amides is 1. The van der Waals surface area contributed by atoms with Gasteiger partial charge in [-0.15, -0.1) is 0 Å². The lowest BCUT2D eigenvalue weighted by Crippen LogP contribution is -2.51. The van der Waals surface area contributed by atoms with Crippen molar-refractivity contribution in [1.29, 1.82) is 0 Å². The van der Waals surface area contributed by atoms with Crippen molar-refractivity contribution < 1.29 is 14.1 Å². The molecular weight excluding hydrogens is 398 g/mol. The maximum absolute atomic E-state index is 13.2. The topological polar surface area (TPSA) is 64.7 Å². The number of hydrogen-bond acceptors (Lipinski definition) is 3. The molecule has 2 N–H and O–H groups in total. The number of nitrogens with zero attached hydrogens (tertiary/aromatic N) is 2. The van der Waals surface area contributed by atoms with Crippen LogP contribution >= 0.6 is 0 Å². The van der Waals surface area contributed by atoms with E-state index in [-0.39, 0.29) is 11.8 Å². The summed E-state index contributed by atoms with van der Waals surface area (Å²) >= 11 is 0. The van der Waals surface area contributed by atoms with E-state index < -0.39 is 5.41 Å². The zero-order chi connectivity index (χ0) is 22.4. The highest BCUT2D eigenvalue weighted by molar-refractivity contribution is 5.91. The summed E-state index contributed by atoms with van der Waals surface area (Å²) in [5.41, 5.74) is 7.25. The number of likely N-dealkylation sites (tertiary alicyclic amines) is 1. The first-order chi connectivity index (χ1) is 15.5. The molecule has 32 heavy (non-hydrogen) atoms. The van der Waals surface area contributed by atoms with Crippen LogP contribution in [0.5, 0.6) is 5.75 Å². The molecule has 2 unspecified atom stereocenters. The Bertz CT molecular complexity index is 1010. The lowest BCUT2D eigenvalue weighted by molar-refractivity contribution is -0.889. The second kappa shape index (κ2) is 9.37. The average molecular weight is 429 g/mol. The zero-order valence-electron chi connectivity index (χ0n) is 18.4. The summed E-state index contributed by atoms with van der Waals surface area (Å²) in [6.45, 7) is 2.49. The number of para-hydroxylation sites is 1. The molecule has 3 aromatic rings. The SMILES string of the molecule is C[N+]1(CC=NOc2ccccc2)CCC(C(C(N)=O)(c2ccccc2)c2ccccc2)C1. The molecule has 0 aliphatic carbocycles. The van der Waals surface area contributed by atoms with Gasteiger partial charge in [0, 0.05) is 12.3 Å². The van der Waals surface area contributed by atoms with Crippen LogP contribution in [0.1, 0.15) is 17.5 Å². The van der Waals surface area contributed by atoms with Crippen molar-refractivity contribution in [2.24, 2.45) is 16.8 Å². The van der Waals surface area contributed by atoms with Crippen molar-refractivity contribution in [1.82, 2.24) is 0 Å². The number of carbonyl (C=O) groups is 1.